The van der Waals surface area contributed by atoms with Crippen molar-refractivity contribution in [2.75, 3.05) is 0 Å². The van der Waals surface area contributed by atoms with E-state index >= 15 is 0 Å². The molecule has 2 rings (SSSR count). The highest BCUT2D eigenvalue weighted by molar-refractivity contribution is 7.12. The summed E-state index contributed by atoms with van der Waals surface area (Å²) in [6.07, 6.45) is 2.77. The normalized spacial score (nSPS) is 13.5. The molecule has 0 radical (unpaired) electrons. The maximum Gasteiger partial charge on any atom is 0.255 e. The van der Waals surface area contributed by atoms with Crippen molar-refractivity contribution >= 4 is 23.2 Å². The van der Waals surface area contributed by atoms with E-state index in [-0.39, 0.29) is 17.9 Å². The van der Waals surface area contributed by atoms with Crippen molar-refractivity contribution < 1.29 is 14.0 Å². The molecule has 2 aromatic heterocycles. The molecule has 2 aromatic rings. The summed E-state index contributed by atoms with van der Waals surface area (Å²) in [6.45, 7) is 7.69. The molecule has 2 heterocycles. The number of hydrogen-bond acceptors (Lipinski definition) is 4. The number of nitrogens with one attached hydrogen (secondary N) is 2. The van der Waals surface area contributed by atoms with Crippen molar-refractivity contribution in [1.29, 1.82) is 0 Å². The molecule has 0 aliphatic rings. The summed E-state index contributed by atoms with van der Waals surface area (Å²) in [5.74, 6) is -0.542. The van der Waals surface area contributed by atoms with Gasteiger partial charge in [0.25, 0.3) is 5.91 Å². The fourth-order valence-corrected chi connectivity index (χ4v) is 3.26. The molecule has 0 spiro atoms. The fraction of sp³-hybridized carbons (Fsp3) is 0.375. The van der Waals surface area contributed by atoms with Gasteiger partial charge in [-0.2, -0.15) is 0 Å². The van der Waals surface area contributed by atoms with Crippen LogP contribution >= 0.6 is 11.3 Å². The van der Waals surface area contributed by atoms with Crippen molar-refractivity contribution in [3.8, 4) is 0 Å². The van der Waals surface area contributed by atoms with Crippen molar-refractivity contribution in [1.82, 2.24) is 10.6 Å². The van der Waals surface area contributed by atoms with Crippen LogP contribution in [0.25, 0.3) is 0 Å². The quantitative estimate of drug-likeness (QED) is 0.890. The second kappa shape index (κ2) is 6.79. The van der Waals surface area contributed by atoms with Crippen LogP contribution in [0.5, 0.6) is 0 Å². The predicted molar refractivity (Wildman–Crippen MR) is 86.0 cm³/mol. The molecule has 22 heavy (non-hydrogen) atoms. The largest absolute Gasteiger partial charge is 0.472 e. The van der Waals surface area contributed by atoms with Crippen molar-refractivity contribution in [2.24, 2.45) is 0 Å². The highest BCUT2D eigenvalue weighted by Gasteiger charge is 2.20. The fourth-order valence-electron chi connectivity index (χ4n) is 2.24. The van der Waals surface area contributed by atoms with Gasteiger partial charge in [0.2, 0.25) is 5.91 Å². The van der Waals surface area contributed by atoms with Gasteiger partial charge in [-0.1, -0.05) is 0 Å². The maximum absolute atomic E-state index is 12.2. The van der Waals surface area contributed by atoms with Gasteiger partial charge in [0.15, 0.2) is 0 Å². The first-order valence-corrected chi connectivity index (χ1v) is 7.90. The van der Waals surface area contributed by atoms with E-state index in [2.05, 4.69) is 16.7 Å². The lowest BCUT2D eigenvalue weighted by atomic mass is 10.1. The first-order valence-electron chi connectivity index (χ1n) is 7.09. The van der Waals surface area contributed by atoms with Crippen LogP contribution in [0.2, 0.25) is 0 Å². The number of furan rings is 1. The standard InChI is InChI=1S/C16H20N2O3S/c1-9-7-14(12(4)22-9)10(2)17-15(19)11(3)18-16(20)13-5-6-21-8-13/h5-8,10-11H,1-4H3,(H,17,19)(H,18,20). The number of hydrogen-bond donors (Lipinski definition) is 2. The number of amides is 2. The van der Waals surface area contributed by atoms with Crippen molar-refractivity contribution in [3.63, 3.8) is 0 Å². The minimum Gasteiger partial charge on any atom is -0.472 e. The summed E-state index contributed by atoms with van der Waals surface area (Å²) < 4.78 is 4.86. The molecule has 6 heteroatoms. The number of carbonyl (C=O) groups excluding carboxylic acids is 2. The lowest BCUT2D eigenvalue weighted by molar-refractivity contribution is -0.123. The van der Waals surface area contributed by atoms with Crippen LogP contribution in [0.1, 0.15) is 45.6 Å². The van der Waals surface area contributed by atoms with Crippen molar-refractivity contribution in [3.05, 3.63) is 45.5 Å². The first kappa shape index (κ1) is 16.3. The highest BCUT2D eigenvalue weighted by atomic mass is 32.1. The summed E-state index contributed by atoms with van der Waals surface area (Å²) in [5.41, 5.74) is 1.52. The molecule has 2 unspecified atom stereocenters. The predicted octanol–water partition coefficient (Wildman–Crippen LogP) is 2.95. The van der Waals surface area contributed by atoms with Crippen LogP contribution in [0, 0.1) is 13.8 Å². The molecule has 0 aliphatic heterocycles. The summed E-state index contributed by atoms with van der Waals surface area (Å²) in [6, 6.07) is 2.93. The number of thiophene rings is 1. The smallest absolute Gasteiger partial charge is 0.255 e. The Morgan fingerprint density at radius 2 is 1.95 bits per heavy atom. The number of aryl methyl sites for hydroxylation is 2. The molecule has 2 amide bonds. The average Bonchev–Trinajstić information content (AvgIpc) is 3.08. The van der Waals surface area contributed by atoms with Gasteiger partial charge in [0, 0.05) is 9.75 Å². The lowest BCUT2D eigenvalue weighted by Gasteiger charge is -2.18. The zero-order valence-electron chi connectivity index (χ0n) is 13.1. The monoisotopic (exact) mass is 320 g/mol. The third kappa shape index (κ3) is 3.76. The number of rotatable bonds is 5. The molecule has 0 aliphatic carbocycles. The zero-order valence-corrected chi connectivity index (χ0v) is 13.9. The second-order valence-corrected chi connectivity index (χ2v) is 6.77. The lowest BCUT2D eigenvalue weighted by Crippen LogP contribution is -2.45. The molecule has 118 valence electrons. The van der Waals surface area contributed by atoms with Crippen molar-refractivity contribution in [2.45, 2.75) is 39.8 Å². The van der Waals surface area contributed by atoms with Crippen LogP contribution < -0.4 is 10.6 Å². The minimum atomic E-state index is -0.620. The van der Waals surface area contributed by atoms with Gasteiger partial charge >= 0.3 is 0 Å². The van der Waals surface area contributed by atoms with E-state index in [4.69, 9.17) is 4.42 Å². The van der Waals surface area contributed by atoms with Crippen LogP contribution in [0.15, 0.2) is 29.1 Å². The topological polar surface area (TPSA) is 71.3 Å². The Morgan fingerprint density at radius 1 is 1.23 bits per heavy atom. The Labute approximate surface area is 133 Å². The van der Waals surface area contributed by atoms with Crippen LogP contribution in [0.4, 0.5) is 0 Å². The Hall–Kier alpha value is -2.08. The third-order valence-electron chi connectivity index (χ3n) is 3.43. The summed E-state index contributed by atoms with van der Waals surface area (Å²) in [4.78, 5) is 26.5. The minimum absolute atomic E-state index is 0.0919. The molecule has 0 aromatic carbocycles. The van der Waals surface area contributed by atoms with Gasteiger partial charge in [0.05, 0.1) is 17.9 Å². The Kier molecular flexibility index (Phi) is 5.03. The molecular formula is C16H20N2O3S. The Bertz CT molecular complexity index is 661. The van der Waals surface area contributed by atoms with Gasteiger partial charge in [0.1, 0.15) is 12.3 Å². The van der Waals surface area contributed by atoms with Crippen LogP contribution in [-0.2, 0) is 4.79 Å². The van der Waals surface area contributed by atoms with E-state index in [0.29, 0.717) is 5.56 Å². The van der Waals surface area contributed by atoms with Gasteiger partial charge in [-0.3, -0.25) is 9.59 Å². The van der Waals surface area contributed by atoms with Gasteiger partial charge in [-0.25, -0.2) is 0 Å². The third-order valence-corrected chi connectivity index (χ3v) is 4.41. The van der Waals surface area contributed by atoms with Gasteiger partial charge in [-0.05, 0) is 45.4 Å². The average molecular weight is 320 g/mol. The molecule has 2 N–H and O–H groups in total. The second-order valence-electron chi connectivity index (χ2n) is 5.31. The molecule has 0 fully saturated rings. The SMILES string of the molecule is Cc1cc(C(C)NC(=O)C(C)NC(=O)c2ccoc2)c(C)s1. The van der Waals surface area contributed by atoms with E-state index in [1.165, 1.54) is 22.3 Å². The van der Waals surface area contributed by atoms with E-state index < -0.39 is 6.04 Å². The van der Waals surface area contributed by atoms with Crippen LogP contribution in [-0.4, -0.2) is 17.9 Å². The summed E-state index contributed by atoms with van der Waals surface area (Å²) in [7, 11) is 0. The molecule has 2 atom stereocenters. The Morgan fingerprint density at radius 3 is 2.50 bits per heavy atom. The number of carbonyl (C=O) groups is 2. The highest BCUT2D eigenvalue weighted by Crippen LogP contribution is 2.26. The Balaban J connectivity index is 1.93. The van der Waals surface area contributed by atoms with E-state index in [1.54, 1.807) is 24.3 Å². The molecule has 0 bridgehead atoms. The van der Waals surface area contributed by atoms with E-state index in [1.807, 2.05) is 20.8 Å². The van der Waals surface area contributed by atoms with E-state index in [0.717, 1.165) is 5.56 Å². The van der Waals surface area contributed by atoms with E-state index in [9.17, 15) is 9.59 Å². The van der Waals surface area contributed by atoms with Gasteiger partial charge < -0.3 is 15.1 Å². The zero-order chi connectivity index (χ0) is 16.3. The summed E-state index contributed by atoms with van der Waals surface area (Å²) >= 11 is 1.71. The van der Waals surface area contributed by atoms with Crippen LogP contribution in [0.3, 0.4) is 0 Å². The maximum atomic E-state index is 12.2. The van der Waals surface area contributed by atoms with Gasteiger partial charge in [-0.15, -0.1) is 11.3 Å². The first-order chi connectivity index (χ1) is 10.4. The molecule has 0 saturated heterocycles. The molecule has 5 nitrogen and oxygen atoms in total. The summed E-state index contributed by atoms with van der Waals surface area (Å²) in [5, 5.41) is 5.58. The molecule has 0 saturated carbocycles. The molecular weight excluding hydrogens is 300 g/mol.